The van der Waals surface area contributed by atoms with Gasteiger partial charge in [0.2, 0.25) is 0 Å². The van der Waals surface area contributed by atoms with Gasteiger partial charge in [0.15, 0.2) is 0 Å². The molecule has 5 nitrogen and oxygen atoms in total. The maximum absolute atomic E-state index is 5.53. The molecule has 0 atom stereocenters. The summed E-state index contributed by atoms with van der Waals surface area (Å²) in [7, 11) is 0. The highest BCUT2D eigenvalue weighted by molar-refractivity contribution is 5.79. The number of morpholine rings is 1. The minimum atomic E-state index is 0.604. The molecule has 2 aliphatic rings. The zero-order valence-electron chi connectivity index (χ0n) is 16.8. The predicted octanol–water partition coefficient (Wildman–Crippen LogP) is 3.84. The van der Waals surface area contributed by atoms with E-state index >= 15 is 0 Å². The van der Waals surface area contributed by atoms with Crippen LogP contribution in [0.15, 0.2) is 41.4 Å². The van der Waals surface area contributed by atoms with Crippen LogP contribution in [0.1, 0.15) is 36.1 Å². The van der Waals surface area contributed by atoms with Crippen LogP contribution in [-0.2, 0) is 11.3 Å². The Kier molecular flexibility index (Phi) is 6.22. The molecule has 2 saturated heterocycles. The summed E-state index contributed by atoms with van der Waals surface area (Å²) in [4.78, 5) is 14.5. The van der Waals surface area contributed by atoms with Crippen molar-refractivity contribution in [3.8, 4) is 0 Å². The lowest BCUT2D eigenvalue weighted by molar-refractivity contribution is 0.122. The van der Waals surface area contributed by atoms with Gasteiger partial charge in [-0.2, -0.15) is 0 Å². The number of ether oxygens (including phenoxy) is 1. The zero-order chi connectivity index (χ0) is 19.2. The Morgan fingerprint density at radius 3 is 2.61 bits per heavy atom. The molecule has 0 N–H and O–H groups in total. The van der Waals surface area contributed by atoms with Crippen molar-refractivity contribution < 1.29 is 4.74 Å². The fourth-order valence-electron chi connectivity index (χ4n) is 3.92. The van der Waals surface area contributed by atoms with Gasteiger partial charge < -0.3 is 14.5 Å². The number of piperidine rings is 1. The Labute approximate surface area is 168 Å². The van der Waals surface area contributed by atoms with Crippen molar-refractivity contribution in [1.29, 1.82) is 0 Å². The van der Waals surface area contributed by atoms with Gasteiger partial charge in [0.25, 0.3) is 0 Å². The van der Waals surface area contributed by atoms with Gasteiger partial charge in [-0.25, -0.2) is 4.98 Å². The van der Waals surface area contributed by atoms with E-state index in [1.54, 1.807) is 0 Å². The highest BCUT2D eigenvalue weighted by atomic mass is 16.5. The van der Waals surface area contributed by atoms with Crippen molar-refractivity contribution in [2.75, 3.05) is 49.2 Å². The molecule has 1 aromatic heterocycles. The average molecular weight is 379 g/mol. The second-order valence-corrected chi connectivity index (χ2v) is 7.71. The topological polar surface area (TPSA) is 41.0 Å². The zero-order valence-corrected chi connectivity index (χ0v) is 16.8. The van der Waals surface area contributed by atoms with E-state index in [0.29, 0.717) is 6.54 Å². The van der Waals surface area contributed by atoms with Crippen molar-refractivity contribution in [2.24, 2.45) is 4.99 Å². The molecule has 2 aliphatic heterocycles. The lowest BCUT2D eigenvalue weighted by atomic mass is 10.1. The van der Waals surface area contributed by atoms with Crippen LogP contribution in [0, 0.1) is 6.92 Å². The first-order valence-electron chi connectivity index (χ1n) is 10.4. The van der Waals surface area contributed by atoms with Crippen molar-refractivity contribution in [1.82, 2.24) is 4.98 Å². The third-order valence-electron chi connectivity index (χ3n) is 5.44. The summed E-state index contributed by atoms with van der Waals surface area (Å²) in [5, 5.41) is 0. The number of nitrogens with zero attached hydrogens (tertiary/aromatic N) is 4. The molecule has 0 aliphatic carbocycles. The third kappa shape index (κ3) is 4.90. The summed E-state index contributed by atoms with van der Waals surface area (Å²) in [6.45, 7) is 8.38. The first kappa shape index (κ1) is 18.9. The average Bonchev–Trinajstić information content (AvgIpc) is 2.75. The highest BCUT2D eigenvalue weighted by Gasteiger charge is 2.17. The van der Waals surface area contributed by atoms with Crippen LogP contribution in [0.5, 0.6) is 0 Å². The second kappa shape index (κ2) is 9.20. The molecule has 3 heterocycles. The smallest absolute Gasteiger partial charge is 0.130 e. The molecule has 2 aromatic rings. The standard InChI is InChI=1S/C23H30N4O/c1-19-6-5-7-20(14-19)17-24-18-21-15-22(26-10-12-28-13-11-26)16-23(25-21)27-8-3-2-4-9-27/h5-7,14-17H,2-4,8-13,18H2,1H3. The summed E-state index contributed by atoms with van der Waals surface area (Å²) in [6.07, 6.45) is 5.79. The molecule has 28 heavy (non-hydrogen) atoms. The third-order valence-corrected chi connectivity index (χ3v) is 5.44. The van der Waals surface area contributed by atoms with Gasteiger partial charge in [0.05, 0.1) is 25.5 Å². The van der Waals surface area contributed by atoms with Gasteiger partial charge in [0.1, 0.15) is 5.82 Å². The van der Waals surface area contributed by atoms with Crippen LogP contribution < -0.4 is 9.80 Å². The first-order chi connectivity index (χ1) is 13.8. The van der Waals surface area contributed by atoms with Crippen LogP contribution in [0.3, 0.4) is 0 Å². The second-order valence-electron chi connectivity index (χ2n) is 7.71. The Hall–Kier alpha value is -2.40. The molecule has 0 unspecified atom stereocenters. The maximum Gasteiger partial charge on any atom is 0.130 e. The Morgan fingerprint density at radius 2 is 1.82 bits per heavy atom. The molecule has 1 aromatic carbocycles. The van der Waals surface area contributed by atoms with E-state index in [4.69, 9.17) is 9.72 Å². The molecule has 0 bridgehead atoms. The number of aryl methyl sites for hydroxylation is 1. The van der Waals surface area contributed by atoms with Crippen LogP contribution in [-0.4, -0.2) is 50.6 Å². The van der Waals surface area contributed by atoms with Crippen LogP contribution >= 0.6 is 0 Å². The van der Waals surface area contributed by atoms with Gasteiger partial charge in [-0.1, -0.05) is 29.8 Å². The molecule has 2 fully saturated rings. The molecule has 0 saturated carbocycles. The fraction of sp³-hybridized carbons (Fsp3) is 0.478. The van der Waals surface area contributed by atoms with Crippen LogP contribution in [0.2, 0.25) is 0 Å². The molecule has 4 rings (SSSR count). The number of anilines is 2. The maximum atomic E-state index is 5.53. The number of pyridine rings is 1. The largest absolute Gasteiger partial charge is 0.378 e. The van der Waals surface area contributed by atoms with E-state index in [9.17, 15) is 0 Å². The number of aromatic nitrogens is 1. The SMILES string of the molecule is Cc1cccc(C=NCc2cc(N3CCOCC3)cc(N3CCCCC3)n2)c1. The van der Waals surface area contributed by atoms with E-state index < -0.39 is 0 Å². The molecular weight excluding hydrogens is 348 g/mol. The normalized spacial score (nSPS) is 18.0. The lowest BCUT2D eigenvalue weighted by Gasteiger charge is -2.32. The van der Waals surface area contributed by atoms with Gasteiger partial charge in [-0.3, -0.25) is 4.99 Å². The highest BCUT2D eigenvalue weighted by Crippen LogP contribution is 2.26. The number of rotatable bonds is 5. The lowest BCUT2D eigenvalue weighted by Crippen LogP contribution is -2.37. The van der Waals surface area contributed by atoms with Gasteiger partial charge in [-0.15, -0.1) is 0 Å². The van der Waals surface area contributed by atoms with E-state index in [1.165, 1.54) is 30.5 Å². The van der Waals surface area contributed by atoms with Crippen molar-refractivity contribution in [3.63, 3.8) is 0 Å². The minimum Gasteiger partial charge on any atom is -0.378 e. The van der Waals surface area contributed by atoms with Crippen molar-refractivity contribution in [3.05, 3.63) is 53.2 Å². The molecule has 0 spiro atoms. The summed E-state index contributed by atoms with van der Waals surface area (Å²) in [5.41, 5.74) is 4.68. The number of aliphatic imine (C=N–C) groups is 1. The van der Waals surface area contributed by atoms with E-state index in [1.807, 2.05) is 6.21 Å². The van der Waals surface area contributed by atoms with Crippen molar-refractivity contribution in [2.45, 2.75) is 32.7 Å². The minimum absolute atomic E-state index is 0.604. The number of benzene rings is 1. The fourth-order valence-corrected chi connectivity index (χ4v) is 3.92. The van der Waals surface area contributed by atoms with Gasteiger partial charge in [-0.05, 0) is 37.8 Å². The molecule has 0 radical (unpaired) electrons. The molecule has 5 heteroatoms. The molecule has 148 valence electrons. The molecule has 0 amide bonds. The quantitative estimate of drug-likeness (QED) is 0.742. The summed E-state index contributed by atoms with van der Waals surface area (Å²) < 4.78 is 5.53. The van der Waals surface area contributed by atoms with Crippen molar-refractivity contribution >= 4 is 17.7 Å². The molecular formula is C23H30N4O. The number of hydrogen-bond donors (Lipinski definition) is 0. The summed E-state index contributed by atoms with van der Waals surface area (Å²) >= 11 is 0. The first-order valence-corrected chi connectivity index (χ1v) is 10.4. The summed E-state index contributed by atoms with van der Waals surface area (Å²) in [5.74, 6) is 1.10. The van der Waals surface area contributed by atoms with Gasteiger partial charge >= 0.3 is 0 Å². The number of hydrogen-bond acceptors (Lipinski definition) is 5. The van der Waals surface area contributed by atoms with E-state index in [-0.39, 0.29) is 0 Å². The Balaban J connectivity index is 1.55. The summed E-state index contributed by atoms with van der Waals surface area (Å²) in [6, 6.07) is 12.9. The van der Waals surface area contributed by atoms with E-state index in [0.717, 1.165) is 56.5 Å². The predicted molar refractivity (Wildman–Crippen MR) is 116 cm³/mol. The van der Waals surface area contributed by atoms with Crippen LogP contribution in [0.25, 0.3) is 0 Å². The van der Waals surface area contributed by atoms with E-state index in [2.05, 4.69) is 58.1 Å². The monoisotopic (exact) mass is 378 g/mol. The van der Waals surface area contributed by atoms with Gasteiger partial charge in [0, 0.05) is 44.1 Å². The Morgan fingerprint density at radius 1 is 1.00 bits per heavy atom. The van der Waals surface area contributed by atoms with Crippen LogP contribution in [0.4, 0.5) is 11.5 Å². The Bertz CT molecular complexity index is 772.